The fraction of sp³-hybridized carbons (Fsp3) is 0.167. The number of anilines is 1. The molecule has 10 heteroatoms. The molecule has 0 aliphatic rings. The van der Waals surface area contributed by atoms with E-state index in [9.17, 15) is 13.2 Å². The Balaban J connectivity index is 2.35. The number of rotatable bonds is 4. The van der Waals surface area contributed by atoms with Crippen molar-refractivity contribution >= 4 is 23.9 Å². The highest BCUT2D eigenvalue weighted by Crippen LogP contribution is 2.36. The number of pyridine rings is 1. The SMILES string of the molecule is C=N/C=C\C=C(/C)c1nc(N)n2ncnc2c1-c1cc(C)nc(C(F)(F)F)c1. The second-order valence-electron chi connectivity index (χ2n) is 5.94. The van der Waals surface area contributed by atoms with Crippen molar-refractivity contribution in [2.45, 2.75) is 20.0 Å². The van der Waals surface area contributed by atoms with Gasteiger partial charge in [0.1, 0.15) is 12.0 Å². The summed E-state index contributed by atoms with van der Waals surface area (Å²) < 4.78 is 41.1. The summed E-state index contributed by atoms with van der Waals surface area (Å²) in [5, 5.41) is 4.00. The molecule has 3 rings (SSSR count). The van der Waals surface area contributed by atoms with Gasteiger partial charge in [0.25, 0.3) is 0 Å². The smallest absolute Gasteiger partial charge is 0.368 e. The summed E-state index contributed by atoms with van der Waals surface area (Å²) in [6.45, 7) is 6.59. The van der Waals surface area contributed by atoms with Gasteiger partial charge in [0, 0.05) is 11.9 Å². The number of nitrogen functional groups attached to an aromatic ring is 1. The molecule has 144 valence electrons. The monoisotopic (exact) mass is 387 g/mol. The van der Waals surface area contributed by atoms with Crippen LogP contribution in [0.15, 0.2) is 41.8 Å². The molecule has 0 saturated carbocycles. The fourth-order valence-corrected chi connectivity index (χ4v) is 2.74. The standard InChI is InChI=1S/C18H16F3N7/c1-10(5-4-6-23-3)15-14(16-24-9-25-28(16)17(22)27-15)12-7-11(2)26-13(8-12)18(19,20)21/h4-9H,3H2,1-2H3,(H2,22,27)/b6-4-,10-5+. The van der Waals surface area contributed by atoms with Crippen LogP contribution < -0.4 is 5.73 Å². The number of halogens is 3. The molecule has 0 aliphatic carbocycles. The van der Waals surface area contributed by atoms with Crippen LogP contribution in [0, 0.1) is 6.92 Å². The Labute approximate surface area is 158 Å². The maximum atomic E-state index is 13.3. The molecule has 0 unspecified atom stereocenters. The van der Waals surface area contributed by atoms with Crippen molar-refractivity contribution in [3.05, 3.63) is 53.9 Å². The van der Waals surface area contributed by atoms with Crippen molar-refractivity contribution < 1.29 is 13.2 Å². The Morgan fingerprint density at radius 2 is 2.04 bits per heavy atom. The predicted molar refractivity (Wildman–Crippen MR) is 101 cm³/mol. The number of nitrogens with two attached hydrogens (primary N) is 1. The molecule has 3 heterocycles. The maximum absolute atomic E-state index is 13.3. The van der Waals surface area contributed by atoms with E-state index in [-0.39, 0.29) is 17.2 Å². The second-order valence-corrected chi connectivity index (χ2v) is 5.94. The summed E-state index contributed by atoms with van der Waals surface area (Å²) in [5.41, 5.74) is 7.12. The first-order valence-electron chi connectivity index (χ1n) is 8.07. The second kappa shape index (κ2) is 7.22. The van der Waals surface area contributed by atoms with Gasteiger partial charge in [-0.2, -0.15) is 22.8 Å². The average Bonchev–Trinajstić information content (AvgIpc) is 3.10. The lowest BCUT2D eigenvalue weighted by Gasteiger charge is -2.14. The predicted octanol–water partition coefficient (Wildman–Crippen LogP) is 3.71. The van der Waals surface area contributed by atoms with E-state index in [1.807, 2.05) is 0 Å². The first-order chi connectivity index (χ1) is 13.2. The van der Waals surface area contributed by atoms with Crippen molar-refractivity contribution in [3.8, 4) is 11.1 Å². The van der Waals surface area contributed by atoms with Crippen LogP contribution in [0.5, 0.6) is 0 Å². The van der Waals surface area contributed by atoms with Crippen molar-refractivity contribution in [2.24, 2.45) is 4.99 Å². The molecule has 0 spiro atoms. The van der Waals surface area contributed by atoms with Gasteiger partial charge in [0.2, 0.25) is 5.95 Å². The van der Waals surface area contributed by atoms with E-state index in [0.717, 1.165) is 6.07 Å². The maximum Gasteiger partial charge on any atom is 0.433 e. The third kappa shape index (κ3) is 3.61. The topological polar surface area (TPSA) is 94.3 Å². The zero-order chi connectivity index (χ0) is 20.5. The van der Waals surface area contributed by atoms with Crippen LogP contribution in [0.3, 0.4) is 0 Å². The van der Waals surface area contributed by atoms with Crippen LogP contribution in [0.4, 0.5) is 19.1 Å². The Bertz CT molecular complexity index is 1110. The minimum Gasteiger partial charge on any atom is -0.368 e. The lowest BCUT2D eigenvalue weighted by molar-refractivity contribution is -0.141. The summed E-state index contributed by atoms with van der Waals surface area (Å²) in [6.07, 6.45) is 1.48. The number of allylic oxidation sites excluding steroid dienone is 3. The first kappa shape index (κ1) is 19.2. The lowest BCUT2D eigenvalue weighted by atomic mass is 9.99. The van der Waals surface area contributed by atoms with E-state index >= 15 is 0 Å². The molecule has 0 saturated heterocycles. The molecule has 0 fully saturated rings. The molecule has 7 nitrogen and oxygen atoms in total. The van der Waals surface area contributed by atoms with Crippen molar-refractivity contribution in [3.63, 3.8) is 0 Å². The largest absolute Gasteiger partial charge is 0.433 e. The fourth-order valence-electron chi connectivity index (χ4n) is 2.74. The third-order valence-corrected chi connectivity index (χ3v) is 3.90. The van der Waals surface area contributed by atoms with E-state index in [4.69, 9.17) is 5.73 Å². The summed E-state index contributed by atoms with van der Waals surface area (Å²) in [5.74, 6) is 0.0617. The molecule has 0 bridgehead atoms. The van der Waals surface area contributed by atoms with Gasteiger partial charge in [-0.25, -0.2) is 15.0 Å². The highest BCUT2D eigenvalue weighted by Gasteiger charge is 2.33. The third-order valence-electron chi connectivity index (χ3n) is 3.90. The summed E-state index contributed by atoms with van der Waals surface area (Å²) in [6, 6.07) is 2.50. The molecule has 2 N–H and O–H groups in total. The summed E-state index contributed by atoms with van der Waals surface area (Å²) in [7, 11) is 0. The van der Waals surface area contributed by atoms with Crippen LogP contribution in [0.1, 0.15) is 24.0 Å². The van der Waals surface area contributed by atoms with Gasteiger partial charge in [-0.3, -0.25) is 4.99 Å². The molecule has 0 radical (unpaired) electrons. The minimum absolute atomic E-state index is 0.0617. The van der Waals surface area contributed by atoms with E-state index in [0.29, 0.717) is 22.5 Å². The van der Waals surface area contributed by atoms with Gasteiger partial charge in [-0.15, -0.1) is 0 Å². The Morgan fingerprint density at radius 1 is 1.29 bits per heavy atom. The number of nitrogens with zero attached hydrogens (tertiary/aromatic N) is 6. The number of hydrogen-bond donors (Lipinski definition) is 1. The van der Waals surface area contributed by atoms with Crippen molar-refractivity contribution in [2.75, 3.05) is 5.73 Å². The van der Waals surface area contributed by atoms with Gasteiger partial charge >= 0.3 is 6.18 Å². The minimum atomic E-state index is -4.59. The van der Waals surface area contributed by atoms with E-state index < -0.39 is 11.9 Å². The van der Waals surface area contributed by atoms with Gasteiger partial charge in [-0.1, -0.05) is 6.08 Å². The highest BCUT2D eigenvalue weighted by atomic mass is 19.4. The van der Waals surface area contributed by atoms with Crippen LogP contribution in [-0.2, 0) is 6.18 Å². The van der Waals surface area contributed by atoms with Gasteiger partial charge < -0.3 is 5.73 Å². The number of aryl methyl sites for hydroxylation is 1. The average molecular weight is 387 g/mol. The Hall–Kier alpha value is -3.56. The normalized spacial score (nSPS) is 12.8. The highest BCUT2D eigenvalue weighted by molar-refractivity contribution is 5.88. The van der Waals surface area contributed by atoms with E-state index in [1.165, 1.54) is 30.0 Å². The van der Waals surface area contributed by atoms with Crippen LogP contribution in [0.2, 0.25) is 0 Å². The molecule has 0 aromatic carbocycles. The number of fused-ring (bicyclic) bond motifs is 1. The number of hydrogen-bond acceptors (Lipinski definition) is 6. The number of alkyl halides is 3. The van der Waals surface area contributed by atoms with E-state index in [1.54, 1.807) is 19.1 Å². The zero-order valence-electron chi connectivity index (χ0n) is 15.1. The summed E-state index contributed by atoms with van der Waals surface area (Å²) in [4.78, 5) is 15.7. The van der Waals surface area contributed by atoms with Gasteiger partial charge in [0.05, 0.1) is 11.3 Å². The molecular weight excluding hydrogens is 371 g/mol. The Kier molecular flexibility index (Phi) is 4.95. The molecule has 0 amide bonds. The van der Waals surface area contributed by atoms with Gasteiger partial charge in [-0.05, 0) is 49.9 Å². The van der Waals surface area contributed by atoms with Crippen molar-refractivity contribution in [1.82, 2.24) is 24.6 Å². The molecule has 3 aromatic rings. The van der Waals surface area contributed by atoms with Crippen LogP contribution >= 0.6 is 0 Å². The molecule has 28 heavy (non-hydrogen) atoms. The Morgan fingerprint density at radius 3 is 2.71 bits per heavy atom. The van der Waals surface area contributed by atoms with Gasteiger partial charge in [0.15, 0.2) is 5.65 Å². The number of aromatic nitrogens is 5. The molecule has 0 atom stereocenters. The summed E-state index contributed by atoms with van der Waals surface area (Å²) >= 11 is 0. The van der Waals surface area contributed by atoms with Crippen LogP contribution in [0.25, 0.3) is 22.3 Å². The van der Waals surface area contributed by atoms with Crippen LogP contribution in [-0.4, -0.2) is 31.3 Å². The quantitative estimate of drug-likeness (QED) is 0.544. The first-order valence-corrected chi connectivity index (χ1v) is 8.07. The molecule has 3 aromatic heterocycles. The molecule has 0 aliphatic heterocycles. The molecular formula is C18H16F3N7. The lowest BCUT2D eigenvalue weighted by Crippen LogP contribution is -2.10. The van der Waals surface area contributed by atoms with E-state index in [2.05, 4.69) is 31.8 Å². The zero-order valence-corrected chi connectivity index (χ0v) is 15.1. The van der Waals surface area contributed by atoms with Crippen molar-refractivity contribution in [1.29, 1.82) is 0 Å². The number of aliphatic imine (C=N–C) groups is 1.